The van der Waals surface area contributed by atoms with Crippen molar-refractivity contribution >= 4 is 33.5 Å². The summed E-state index contributed by atoms with van der Waals surface area (Å²) < 4.78 is 11.0. The summed E-state index contributed by atoms with van der Waals surface area (Å²) in [5, 5.41) is 7.06. The number of benzene rings is 2. The fourth-order valence-electron chi connectivity index (χ4n) is 2.01. The second-order valence-corrected chi connectivity index (χ2v) is 5.30. The Balaban J connectivity index is 2.05. The molecule has 0 saturated heterocycles. The van der Waals surface area contributed by atoms with Crippen molar-refractivity contribution < 1.29 is 9.47 Å². The Morgan fingerprint density at radius 1 is 1.00 bits per heavy atom. The number of anilines is 2. The number of hydrogen-bond acceptors (Lipinski definition) is 4. The van der Waals surface area contributed by atoms with Crippen LogP contribution in [0.4, 0.5) is 11.4 Å². The van der Waals surface area contributed by atoms with Crippen molar-refractivity contribution in [3.8, 4) is 0 Å². The molecule has 0 aromatic heterocycles. The minimum atomic E-state index is -0.256. The molecule has 2 aromatic carbocycles. The lowest BCUT2D eigenvalue weighted by Gasteiger charge is -2.19. The maximum atomic E-state index is 5.61. The van der Waals surface area contributed by atoms with Gasteiger partial charge in [-0.1, -0.05) is 52.3 Å². The third kappa shape index (κ3) is 5.78. The van der Waals surface area contributed by atoms with Gasteiger partial charge in [0.05, 0.1) is 29.5 Å². The van der Waals surface area contributed by atoms with Crippen molar-refractivity contribution in [3.63, 3.8) is 0 Å². The van der Waals surface area contributed by atoms with Gasteiger partial charge in [-0.05, 0) is 31.2 Å². The molecule has 0 amide bonds. The van der Waals surface area contributed by atoms with E-state index in [4.69, 9.17) is 9.47 Å². The molecule has 0 aliphatic carbocycles. The van der Waals surface area contributed by atoms with Crippen LogP contribution >= 0.6 is 15.9 Å². The fraction of sp³-hybridized carbons (Fsp3) is 0.278. The predicted molar refractivity (Wildman–Crippen MR) is 98.7 cm³/mol. The summed E-state index contributed by atoms with van der Waals surface area (Å²) in [7, 11) is 0. The van der Waals surface area contributed by atoms with Gasteiger partial charge in [-0.15, -0.1) is 0 Å². The van der Waals surface area contributed by atoms with Gasteiger partial charge < -0.3 is 9.47 Å². The first-order valence-corrected chi connectivity index (χ1v) is 8.69. The van der Waals surface area contributed by atoms with Crippen LogP contribution in [0.1, 0.15) is 6.92 Å². The van der Waals surface area contributed by atoms with Gasteiger partial charge in [0.1, 0.15) is 0 Å². The molecule has 0 N–H and O–H groups in total. The molecule has 23 heavy (non-hydrogen) atoms. The van der Waals surface area contributed by atoms with E-state index in [0.717, 1.165) is 11.4 Å². The molecular weight excluding hydrogens is 356 g/mol. The van der Waals surface area contributed by atoms with Crippen LogP contribution in [0.5, 0.6) is 0 Å². The Kier molecular flexibility index (Phi) is 7.80. The molecule has 0 aliphatic rings. The zero-order valence-electron chi connectivity index (χ0n) is 13.1. The van der Waals surface area contributed by atoms with Crippen molar-refractivity contribution in [2.24, 2.45) is 5.10 Å². The maximum Gasteiger partial charge on any atom is 0.167 e. The Morgan fingerprint density at radius 3 is 2.04 bits per heavy atom. The highest BCUT2D eigenvalue weighted by Gasteiger charge is 2.07. The number of nitrogens with zero attached hydrogens (tertiary/aromatic N) is 2. The lowest BCUT2D eigenvalue weighted by atomic mass is 10.2. The molecule has 1 atom stereocenters. The van der Waals surface area contributed by atoms with E-state index >= 15 is 0 Å². The Labute approximate surface area is 145 Å². The highest BCUT2D eigenvalue weighted by molar-refractivity contribution is 9.09. The number of halogens is 1. The molecule has 2 rings (SSSR count). The van der Waals surface area contributed by atoms with E-state index in [2.05, 4.69) is 21.0 Å². The van der Waals surface area contributed by atoms with Crippen LogP contribution in [0.2, 0.25) is 0 Å². The Bertz CT molecular complexity index is 539. The lowest BCUT2D eigenvalue weighted by molar-refractivity contribution is -0.110. The van der Waals surface area contributed by atoms with Crippen LogP contribution in [0.3, 0.4) is 0 Å². The lowest BCUT2D eigenvalue weighted by Crippen LogP contribution is -2.20. The molecule has 0 radical (unpaired) electrons. The zero-order chi connectivity index (χ0) is 16.3. The quantitative estimate of drug-likeness (QED) is 0.278. The van der Waals surface area contributed by atoms with Crippen LogP contribution < -0.4 is 5.01 Å². The smallest absolute Gasteiger partial charge is 0.167 e. The molecule has 0 bridgehead atoms. The van der Waals surface area contributed by atoms with E-state index in [0.29, 0.717) is 18.5 Å². The first-order valence-electron chi connectivity index (χ1n) is 7.57. The van der Waals surface area contributed by atoms with Crippen LogP contribution in [-0.4, -0.2) is 31.0 Å². The molecule has 0 heterocycles. The standard InChI is InChI=1S/C18H21BrN2O2/c1-2-22-18(15-19)23-14-13-20-21(16-9-5-3-6-10-16)17-11-7-4-8-12-17/h3-13,18H,2,14-15H2,1H3/b20-13+. The molecule has 0 saturated carbocycles. The number of para-hydroxylation sites is 2. The van der Waals surface area contributed by atoms with Crippen LogP contribution in [0.15, 0.2) is 65.8 Å². The molecule has 0 spiro atoms. The predicted octanol–water partition coefficient (Wildman–Crippen LogP) is 4.58. The summed E-state index contributed by atoms with van der Waals surface area (Å²) in [6, 6.07) is 20.0. The number of hydrazone groups is 1. The van der Waals surface area contributed by atoms with E-state index in [-0.39, 0.29) is 6.29 Å². The van der Waals surface area contributed by atoms with Crippen LogP contribution in [0, 0.1) is 0 Å². The highest BCUT2D eigenvalue weighted by Crippen LogP contribution is 2.24. The zero-order valence-corrected chi connectivity index (χ0v) is 14.7. The van der Waals surface area contributed by atoms with Gasteiger partial charge in [0.25, 0.3) is 0 Å². The molecular formula is C18H21BrN2O2. The second kappa shape index (κ2) is 10.2. The highest BCUT2D eigenvalue weighted by atomic mass is 79.9. The molecule has 5 heteroatoms. The van der Waals surface area contributed by atoms with Gasteiger partial charge in [-0.3, -0.25) is 0 Å². The van der Waals surface area contributed by atoms with Gasteiger partial charge in [-0.2, -0.15) is 5.10 Å². The van der Waals surface area contributed by atoms with Crippen molar-refractivity contribution in [3.05, 3.63) is 60.7 Å². The van der Waals surface area contributed by atoms with E-state index < -0.39 is 0 Å². The molecule has 1 unspecified atom stereocenters. The topological polar surface area (TPSA) is 34.1 Å². The van der Waals surface area contributed by atoms with Gasteiger partial charge >= 0.3 is 0 Å². The summed E-state index contributed by atoms with van der Waals surface area (Å²) >= 11 is 3.37. The summed E-state index contributed by atoms with van der Waals surface area (Å²) in [5.74, 6) is 0. The molecule has 122 valence electrons. The van der Waals surface area contributed by atoms with Crippen LogP contribution in [0.25, 0.3) is 0 Å². The van der Waals surface area contributed by atoms with Crippen molar-refractivity contribution in [1.29, 1.82) is 0 Å². The second-order valence-electron chi connectivity index (χ2n) is 4.65. The van der Waals surface area contributed by atoms with E-state index in [1.165, 1.54) is 0 Å². The monoisotopic (exact) mass is 376 g/mol. The average Bonchev–Trinajstić information content (AvgIpc) is 2.62. The van der Waals surface area contributed by atoms with Gasteiger partial charge in [-0.25, -0.2) is 5.01 Å². The Hall–Kier alpha value is -1.69. The van der Waals surface area contributed by atoms with Gasteiger partial charge in [0.2, 0.25) is 0 Å². The summed E-state index contributed by atoms with van der Waals surface area (Å²) in [6.07, 6.45) is 1.49. The van der Waals surface area contributed by atoms with Crippen molar-refractivity contribution in [2.75, 3.05) is 23.6 Å². The third-order valence-corrected chi connectivity index (χ3v) is 3.56. The van der Waals surface area contributed by atoms with Crippen molar-refractivity contribution in [1.82, 2.24) is 0 Å². The normalized spacial score (nSPS) is 12.4. The minimum Gasteiger partial charge on any atom is -0.352 e. The summed E-state index contributed by atoms with van der Waals surface area (Å²) in [4.78, 5) is 0. The number of alkyl halides is 1. The summed E-state index contributed by atoms with van der Waals surface area (Å²) in [6.45, 7) is 2.94. The van der Waals surface area contributed by atoms with E-state index in [1.54, 1.807) is 6.21 Å². The van der Waals surface area contributed by atoms with Gasteiger partial charge in [0.15, 0.2) is 6.29 Å². The van der Waals surface area contributed by atoms with Crippen molar-refractivity contribution in [2.45, 2.75) is 13.2 Å². The van der Waals surface area contributed by atoms with Crippen LogP contribution in [-0.2, 0) is 9.47 Å². The largest absolute Gasteiger partial charge is 0.352 e. The molecule has 4 nitrogen and oxygen atoms in total. The fourth-order valence-corrected chi connectivity index (χ4v) is 2.38. The SMILES string of the molecule is CCOC(CBr)OC/C=N/N(c1ccccc1)c1ccccc1. The van der Waals surface area contributed by atoms with Gasteiger partial charge in [0, 0.05) is 6.61 Å². The number of rotatable bonds is 9. The maximum absolute atomic E-state index is 5.61. The van der Waals surface area contributed by atoms with E-state index in [1.807, 2.05) is 72.6 Å². The average molecular weight is 377 g/mol. The molecule has 2 aromatic rings. The first-order chi connectivity index (χ1) is 11.3. The number of ether oxygens (including phenoxy) is 2. The third-order valence-electron chi connectivity index (χ3n) is 3.03. The van der Waals surface area contributed by atoms with E-state index in [9.17, 15) is 0 Å². The Morgan fingerprint density at radius 2 is 1.57 bits per heavy atom. The number of hydrogen-bond donors (Lipinski definition) is 0. The first kappa shape index (κ1) is 17.7. The summed E-state index contributed by atoms with van der Waals surface area (Å²) in [5.41, 5.74) is 1.99. The minimum absolute atomic E-state index is 0.256. The molecule has 0 aliphatic heterocycles. The molecule has 0 fully saturated rings.